The Balaban J connectivity index is 2.05. The lowest BCUT2D eigenvalue weighted by Gasteiger charge is -2.10. The minimum atomic E-state index is 0.368. The summed E-state index contributed by atoms with van der Waals surface area (Å²) in [4.78, 5) is 0. The summed E-state index contributed by atoms with van der Waals surface area (Å²) in [5, 5.41) is 4.46. The molecule has 0 atom stereocenters. The van der Waals surface area contributed by atoms with Gasteiger partial charge in [0, 0.05) is 24.3 Å². The van der Waals surface area contributed by atoms with Gasteiger partial charge in [0.2, 0.25) is 0 Å². The zero-order valence-electron chi connectivity index (χ0n) is 11.8. The molecule has 2 rings (SSSR count). The minimum Gasteiger partial charge on any atom is -0.487 e. The fraction of sp³-hybridized carbons (Fsp3) is 0.400. The number of nitrogens with zero attached hydrogens (tertiary/aromatic N) is 2. The Morgan fingerprint density at radius 1 is 1.32 bits per heavy atom. The molecule has 4 heteroatoms. The van der Waals surface area contributed by atoms with Gasteiger partial charge in [-0.1, -0.05) is 17.7 Å². The van der Waals surface area contributed by atoms with Crippen molar-refractivity contribution >= 4 is 0 Å². The van der Waals surface area contributed by atoms with Crippen LogP contribution in [-0.2, 0) is 13.2 Å². The van der Waals surface area contributed by atoms with Gasteiger partial charge in [0.25, 0.3) is 0 Å². The zero-order valence-corrected chi connectivity index (χ0v) is 11.8. The van der Waals surface area contributed by atoms with Crippen molar-refractivity contribution in [3.63, 3.8) is 0 Å². The normalized spacial score (nSPS) is 11.0. The van der Waals surface area contributed by atoms with Gasteiger partial charge in [0.15, 0.2) is 0 Å². The van der Waals surface area contributed by atoms with Crippen LogP contribution in [0.4, 0.5) is 0 Å². The van der Waals surface area contributed by atoms with Crippen molar-refractivity contribution in [1.82, 2.24) is 9.78 Å². The van der Waals surface area contributed by atoms with Crippen molar-refractivity contribution in [1.29, 1.82) is 0 Å². The molecule has 0 saturated carbocycles. The fourth-order valence-corrected chi connectivity index (χ4v) is 1.90. The van der Waals surface area contributed by atoms with Gasteiger partial charge in [-0.2, -0.15) is 5.10 Å². The van der Waals surface area contributed by atoms with Crippen LogP contribution in [0.15, 0.2) is 30.5 Å². The molecule has 0 unspecified atom stereocenters. The number of aromatic nitrogens is 2. The van der Waals surface area contributed by atoms with E-state index in [0.29, 0.717) is 19.2 Å². The molecule has 0 aliphatic heterocycles. The lowest BCUT2D eigenvalue weighted by Crippen LogP contribution is -2.05. The second-order valence-corrected chi connectivity index (χ2v) is 4.98. The second kappa shape index (κ2) is 5.89. The van der Waals surface area contributed by atoms with E-state index in [2.05, 4.69) is 25.0 Å². The summed E-state index contributed by atoms with van der Waals surface area (Å²) in [7, 11) is 0. The predicted octanol–water partition coefficient (Wildman–Crippen LogP) is 2.81. The molecule has 1 aromatic heterocycles. The van der Waals surface area contributed by atoms with Crippen LogP contribution in [0.5, 0.6) is 5.75 Å². The number of nitrogens with two attached hydrogens (primary N) is 1. The maximum absolute atomic E-state index is 5.81. The van der Waals surface area contributed by atoms with Crippen molar-refractivity contribution in [2.24, 2.45) is 5.73 Å². The van der Waals surface area contributed by atoms with Crippen molar-refractivity contribution < 1.29 is 4.74 Å². The van der Waals surface area contributed by atoms with Gasteiger partial charge < -0.3 is 10.5 Å². The third-order valence-corrected chi connectivity index (χ3v) is 3.00. The van der Waals surface area contributed by atoms with Gasteiger partial charge in [-0.05, 0) is 32.9 Å². The number of aryl methyl sites for hydroxylation is 1. The maximum Gasteiger partial charge on any atom is 0.132 e. The van der Waals surface area contributed by atoms with Crippen LogP contribution >= 0.6 is 0 Å². The van der Waals surface area contributed by atoms with Crippen LogP contribution in [0.2, 0.25) is 0 Å². The molecule has 0 fully saturated rings. The quantitative estimate of drug-likeness (QED) is 0.898. The third kappa shape index (κ3) is 3.35. The molecule has 19 heavy (non-hydrogen) atoms. The molecule has 0 aliphatic carbocycles. The average molecular weight is 259 g/mol. The van der Waals surface area contributed by atoms with Crippen LogP contribution in [0.1, 0.15) is 36.7 Å². The first kappa shape index (κ1) is 13.6. The molecular formula is C15H21N3O. The van der Waals surface area contributed by atoms with Crippen molar-refractivity contribution in [2.75, 3.05) is 0 Å². The van der Waals surface area contributed by atoms with Gasteiger partial charge in [0.05, 0.1) is 5.69 Å². The van der Waals surface area contributed by atoms with E-state index in [4.69, 9.17) is 10.5 Å². The van der Waals surface area contributed by atoms with E-state index >= 15 is 0 Å². The highest BCUT2D eigenvalue weighted by atomic mass is 16.5. The number of hydrogen-bond donors (Lipinski definition) is 1. The minimum absolute atomic E-state index is 0.368. The summed E-state index contributed by atoms with van der Waals surface area (Å²) in [6, 6.07) is 8.41. The third-order valence-electron chi connectivity index (χ3n) is 3.00. The van der Waals surface area contributed by atoms with Gasteiger partial charge in [-0.15, -0.1) is 0 Å². The Morgan fingerprint density at radius 2 is 2.11 bits per heavy atom. The van der Waals surface area contributed by atoms with E-state index in [0.717, 1.165) is 17.0 Å². The van der Waals surface area contributed by atoms with Crippen LogP contribution in [-0.4, -0.2) is 9.78 Å². The van der Waals surface area contributed by atoms with Gasteiger partial charge >= 0.3 is 0 Å². The lowest BCUT2D eigenvalue weighted by atomic mass is 10.1. The second-order valence-electron chi connectivity index (χ2n) is 4.98. The molecular weight excluding hydrogens is 238 g/mol. The van der Waals surface area contributed by atoms with Crippen LogP contribution in [0.25, 0.3) is 0 Å². The Hall–Kier alpha value is -1.81. The molecule has 0 spiro atoms. The number of hydrogen-bond acceptors (Lipinski definition) is 3. The topological polar surface area (TPSA) is 53.1 Å². The Labute approximate surface area is 114 Å². The summed E-state index contributed by atoms with van der Waals surface area (Å²) in [6.45, 7) is 7.20. The molecule has 0 aliphatic rings. The van der Waals surface area contributed by atoms with Gasteiger partial charge in [-0.25, -0.2) is 0 Å². The van der Waals surface area contributed by atoms with Crippen LogP contribution in [0, 0.1) is 6.92 Å². The SMILES string of the molecule is Cc1ccc(OCc2ccn(C(C)C)n2)c(CN)c1. The first-order chi connectivity index (χ1) is 9.10. The smallest absolute Gasteiger partial charge is 0.132 e. The molecule has 0 amide bonds. The molecule has 0 bridgehead atoms. The van der Waals surface area contributed by atoms with Crippen molar-refractivity contribution in [3.05, 3.63) is 47.3 Å². The first-order valence-corrected chi connectivity index (χ1v) is 6.56. The van der Waals surface area contributed by atoms with Crippen molar-refractivity contribution in [3.8, 4) is 5.75 Å². The molecule has 2 aromatic rings. The predicted molar refractivity (Wildman–Crippen MR) is 76.0 cm³/mol. The highest BCUT2D eigenvalue weighted by molar-refractivity contribution is 5.36. The van der Waals surface area contributed by atoms with E-state index in [9.17, 15) is 0 Å². The Morgan fingerprint density at radius 3 is 2.74 bits per heavy atom. The Kier molecular flexibility index (Phi) is 4.22. The van der Waals surface area contributed by atoms with Crippen molar-refractivity contribution in [2.45, 2.75) is 40.0 Å². The summed E-state index contributed by atoms with van der Waals surface area (Å²) >= 11 is 0. The van der Waals surface area contributed by atoms with Gasteiger partial charge in [0.1, 0.15) is 12.4 Å². The Bertz CT molecular complexity index is 546. The molecule has 0 radical (unpaired) electrons. The molecule has 4 nitrogen and oxygen atoms in total. The number of rotatable bonds is 5. The molecule has 2 N–H and O–H groups in total. The summed E-state index contributed by atoms with van der Waals surface area (Å²) < 4.78 is 7.73. The summed E-state index contributed by atoms with van der Waals surface area (Å²) in [5.74, 6) is 0.840. The maximum atomic E-state index is 5.81. The first-order valence-electron chi connectivity index (χ1n) is 6.56. The zero-order chi connectivity index (χ0) is 13.8. The average Bonchev–Trinajstić information content (AvgIpc) is 2.86. The van der Waals surface area contributed by atoms with E-state index in [1.807, 2.05) is 36.0 Å². The number of ether oxygens (including phenoxy) is 1. The van der Waals surface area contributed by atoms with E-state index < -0.39 is 0 Å². The standard InChI is InChI=1S/C15H21N3O/c1-11(2)18-7-6-14(17-18)10-19-15-5-4-12(3)8-13(15)9-16/h4-8,11H,9-10,16H2,1-3H3. The highest BCUT2D eigenvalue weighted by Crippen LogP contribution is 2.20. The largest absolute Gasteiger partial charge is 0.487 e. The highest BCUT2D eigenvalue weighted by Gasteiger charge is 2.06. The van der Waals surface area contributed by atoms with E-state index in [1.165, 1.54) is 5.56 Å². The van der Waals surface area contributed by atoms with Gasteiger partial charge in [-0.3, -0.25) is 4.68 Å². The fourth-order valence-electron chi connectivity index (χ4n) is 1.90. The molecule has 102 valence electrons. The molecule has 0 saturated heterocycles. The van der Waals surface area contributed by atoms with Crippen LogP contribution < -0.4 is 10.5 Å². The van der Waals surface area contributed by atoms with E-state index in [-0.39, 0.29) is 0 Å². The summed E-state index contributed by atoms with van der Waals surface area (Å²) in [5.41, 5.74) is 8.88. The summed E-state index contributed by atoms with van der Waals surface area (Å²) in [6.07, 6.45) is 1.97. The molecule has 1 aromatic carbocycles. The lowest BCUT2D eigenvalue weighted by molar-refractivity contribution is 0.295. The van der Waals surface area contributed by atoms with E-state index in [1.54, 1.807) is 0 Å². The number of benzene rings is 1. The monoisotopic (exact) mass is 259 g/mol. The van der Waals surface area contributed by atoms with Crippen LogP contribution in [0.3, 0.4) is 0 Å². The molecule has 1 heterocycles.